The third-order valence-electron chi connectivity index (χ3n) is 4.84. The normalized spacial score (nSPS) is 24.4. The Balaban J connectivity index is 1.46. The van der Waals surface area contributed by atoms with Crippen LogP contribution in [-0.4, -0.2) is 51.9 Å². The molecule has 0 bridgehead atoms. The van der Waals surface area contributed by atoms with Crippen LogP contribution < -0.4 is 4.74 Å². The van der Waals surface area contributed by atoms with Crippen molar-refractivity contribution in [2.24, 2.45) is 5.92 Å². The van der Waals surface area contributed by atoms with Gasteiger partial charge in [-0.25, -0.2) is 4.98 Å². The smallest absolute Gasteiger partial charge is 0.231 e. The minimum atomic E-state index is 0.0839. The van der Waals surface area contributed by atoms with Crippen LogP contribution in [0, 0.1) is 5.92 Å². The SMILES string of the molecule is COc1cccc(CN2C[C@@H](CO)[C@H](c3nc(C4CC4)no3)C2)n1. The van der Waals surface area contributed by atoms with Gasteiger partial charge in [-0.3, -0.25) is 4.90 Å². The molecule has 1 saturated heterocycles. The molecule has 4 rings (SSSR count). The molecule has 2 fully saturated rings. The summed E-state index contributed by atoms with van der Waals surface area (Å²) in [5, 5.41) is 13.8. The number of likely N-dealkylation sites (tertiary alicyclic amines) is 1. The molecule has 0 unspecified atom stereocenters. The van der Waals surface area contributed by atoms with Crippen molar-refractivity contribution in [1.29, 1.82) is 0 Å². The van der Waals surface area contributed by atoms with Crippen molar-refractivity contribution in [3.63, 3.8) is 0 Å². The van der Waals surface area contributed by atoms with Gasteiger partial charge in [-0.2, -0.15) is 4.98 Å². The lowest BCUT2D eigenvalue weighted by atomic mass is 9.97. The van der Waals surface area contributed by atoms with Crippen molar-refractivity contribution >= 4 is 0 Å². The van der Waals surface area contributed by atoms with Gasteiger partial charge >= 0.3 is 0 Å². The first-order valence-electron chi connectivity index (χ1n) is 8.43. The number of ether oxygens (including phenoxy) is 1. The number of nitrogens with zero attached hydrogens (tertiary/aromatic N) is 4. The predicted octanol–water partition coefficient (Wildman–Crippen LogP) is 1.56. The van der Waals surface area contributed by atoms with E-state index in [1.54, 1.807) is 7.11 Å². The third kappa shape index (κ3) is 3.14. The first-order valence-corrected chi connectivity index (χ1v) is 8.43. The molecule has 2 atom stereocenters. The molecule has 2 aliphatic rings. The largest absolute Gasteiger partial charge is 0.481 e. The molecule has 0 aromatic carbocycles. The lowest BCUT2D eigenvalue weighted by Crippen LogP contribution is -2.21. The summed E-state index contributed by atoms with van der Waals surface area (Å²) in [6.45, 7) is 2.42. The number of hydrogen-bond acceptors (Lipinski definition) is 7. The van der Waals surface area contributed by atoms with Gasteiger partial charge in [0.25, 0.3) is 0 Å². The lowest BCUT2D eigenvalue weighted by Gasteiger charge is -2.15. The van der Waals surface area contributed by atoms with Crippen LogP contribution >= 0.6 is 0 Å². The van der Waals surface area contributed by atoms with Gasteiger partial charge in [0.05, 0.1) is 18.7 Å². The highest BCUT2D eigenvalue weighted by atomic mass is 16.5. The van der Waals surface area contributed by atoms with Crippen molar-refractivity contribution in [3.8, 4) is 5.88 Å². The molecular weight excluding hydrogens is 308 g/mol. The lowest BCUT2D eigenvalue weighted by molar-refractivity contribution is 0.204. The summed E-state index contributed by atoms with van der Waals surface area (Å²) in [7, 11) is 1.62. The van der Waals surface area contributed by atoms with Crippen LogP contribution in [-0.2, 0) is 6.54 Å². The van der Waals surface area contributed by atoms with Gasteiger partial charge in [0.1, 0.15) is 0 Å². The average Bonchev–Trinajstić information content (AvgIpc) is 3.20. The summed E-state index contributed by atoms with van der Waals surface area (Å²) in [5.74, 6) is 2.79. The van der Waals surface area contributed by atoms with E-state index in [1.165, 1.54) is 0 Å². The van der Waals surface area contributed by atoms with Gasteiger partial charge in [-0.1, -0.05) is 11.2 Å². The quantitative estimate of drug-likeness (QED) is 0.860. The molecule has 7 heteroatoms. The Labute approximate surface area is 140 Å². The summed E-state index contributed by atoms with van der Waals surface area (Å²) in [5.41, 5.74) is 0.955. The zero-order valence-electron chi connectivity index (χ0n) is 13.8. The van der Waals surface area contributed by atoms with E-state index >= 15 is 0 Å². The fourth-order valence-corrected chi connectivity index (χ4v) is 3.35. The first kappa shape index (κ1) is 15.5. The molecule has 2 aromatic rings. The number of pyridine rings is 1. The Morgan fingerprint density at radius 1 is 1.29 bits per heavy atom. The predicted molar refractivity (Wildman–Crippen MR) is 85.7 cm³/mol. The number of aliphatic hydroxyl groups excluding tert-OH is 1. The van der Waals surface area contributed by atoms with E-state index < -0.39 is 0 Å². The van der Waals surface area contributed by atoms with E-state index in [-0.39, 0.29) is 18.4 Å². The van der Waals surface area contributed by atoms with Crippen LogP contribution in [0.15, 0.2) is 22.7 Å². The number of aromatic nitrogens is 3. The highest BCUT2D eigenvalue weighted by molar-refractivity contribution is 5.16. The fraction of sp³-hybridized carbons (Fsp3) is 0.588. The molecular formula is C17H22N4O3. The topological polar surface area (TPSA) is 84.5 Å². The molecule has 1 N–H and O–H groups in total. The zero-order chi connectivity index (χ0) is 16.5. The van der Waals surface area contributed by atoms with Gasteiger partial charge in [0, 0.05) is 44.1 Å². The van der Waals surface area contributed by atoms with Gasteiger partial charge in [-0.15, -0.1) is 0 Å². The maximum absolute atomic E-state index is 9.74. The van der Waals surface area contributed by atoms with Crippen LogP contribution in [0.25, 0.3) is 0 Å². The van der Waals surface area contributed by atoms with Crippen molar-refractivity contribution in [1.82, 2.24) is 20.0 Å². The standard InChI is InChI=1S/C17H22N4O3/c1-23-15-4-2-3-13(18-15)8-21-7-12(10-22)14(9-21)17-19-16(20-24-17)11-5-6-11/h2-4,11-12,14,22H,5-10H2,1H3/t12-,14+/m0/s1. The second kappa shape index (κ2) is 6.49. The Morgan fingerprint density at radius 2 is 2.17 bits per heavy atom. The van der Waals surface area contributed by atoms with E-state index in [2.05, 4.69) is 20.0 Å². The molecule has 1 aliphatic carbocycles. The van der Waals surface area contributed by atoms with Crippen LogP contribution in [0.5, 0.6) is 5.88 Å². The molecule has 2 aromatic heterocycles. The van der Waals surface area contributed by atoms with Crippen molar-refractivity contribution < 1.29 is 14.4 Å². The van der Waals surface area contributed by atoms with Crippen molar-refractivity contribution in [2.45, 2.75) is 31.2 Å². The Kier molecular flexibility index (Phi) is 4.20. The second-order valence-electron chi connectivity index (χ2n) is 6.68. The van der Waals surface area contributed by atoms with Gasteiger partial charge < -0.3 is 14.4 Å². The van der Waals surface area contributed by atoms with Gasteiger partial charge in [-0.05, 0) is 18.9 Å². The van der Waals surface area contributed by atoms with Crippen LogP contribution in [0.1, 0.15) is 42.1 Å². The Bertz CT molecular complexity index is 701. The molecule has 7 nitrogen and oxygen atoms in total. The number of rotatable bonds is 6. The highest BCUT2D eigenvalue weighted by Gasteiger charge is 2.38. The van der Waals surface area contributed by atoms with Crippen molar-refractivity contribution in [2.75, 3.05) is 26.8 Å². The van der Waals surface area contributed by atoms with Crippen LogP contribution in [0.3, 0.4) is 0 Å². The van der Waals surface area contributed by atoms with E-state index in [0.717, 1.165) is 37.4 Å². The Hall–Kier alpha value is -1.99. The number of methoxy groups -OCH3 is 1. The first-order chi connectivity index (χ1) is 11.8. The second-order valence-corrected chi connectivity index (χ2v) is 6.68. The maximum atomic E-state index is 9.74. The molecule has 128 valence electrons. The molecule has 3 heterocycles. The van der Waals surface area contributed by atoms with Gasteiger partial charge in [0.2, 0.25) is 11.8 Å². The summed E-state index contributed by atoms with van der Waals surface area (Å²) < 4.78 is 10.7. The minimum Gasteiger partial charge on any atom is -0.481 e. The summed E-state index contributed by atoms with van der Waals surface area (Å²) in [6, 6.07) is 5.77. The molecule has 0 amide bonds. The maximum Gasteiger partial charge on any atom is 0.231 e. The highest BCUT2D eigenvalue weighted by Crippen LogP contribution is 2.40. The fourth-order valence-electron chi connectivity index (χ4n) is 3.35. The number of hydrogen-bond donors (Lipinski definition) is 1. The van der Waals surface area contributed by atoms with E-state index in [1.807, 2.05) is 18.2 Å². The minimum absolute atomic E-state index is 0.0839. The Morgan fingerprint density at radius 3 is 2.92 bits per heavy atom. The monoisotopic (exact) mass is 330 g/mol. The third-order valence-corrected chi connectivity index (χ3v) is 4.84. The molecule has 24 heavy (non-hydrogen) atoms. The summed E-state index contributed by atoms with van der Waals surface area (Å²) in [6.07, 6.45) is 2.31. The summed E-state index contributed by atoms with van der Waals surface area (Å²) >= 11 is 0. The van der Waals surface area contributed by atoms with Crippen LogP contribution in [0.2, 0.25) is 0 Å². The molecule has 0 radical (unpaired) electrons. The van der Waals surface area contributed by atoms with Gasteiger partial charge in [0.15, 0.2) is 5.82 Å². The number of aliphatic hydroxyl groups is 1. The molecule has 0 spiro atoms. The molecule has 1 aliphatic heterocycles. The van der Waals surface area contributed by atoms with Crippen LogP contribution in [0.4, 0.5) is 0 Å². The van der Waals surface area contributed by atoms with E-state index in [9.17, 15) is 5.11 Å². The van der Waals surface area contributed by atoms with Crippen molar-refractivity contribution in [3.05, 3.63) is 35.6 Å². The van der Waals surface area contributed by atoms with E-state index in [4.69, 9.17) is 9.26 Å². The molecule has 1 saturated carbocycles. The summed E-state index contributed by atoms with van der Waals surface area (Å²) in [4.78, 5) is 11.3. The zero-order valence-corrected chi connectivity index (χ0v) is 13.8. The average molecular weight is 330 g/mol. The van der Waals surface area contributed by atoms with E-state index in [0.29, 0.717) is 24.2 Å².